The van der Waals surface area contributed by atoms with Crippen LogP contribution in [0.2, 0.25) is 0 Å². The maximum absolute atomic E-state index is 10.6. The fourth-order valence-corrected chi connectivity index (χ4v) is 2.73. The number of hydrogen-bond acceptors (Lipinski definition) is 5. The molecule has 2 fully saturated rings. The molecule has 21 heavy (non-hydrogen) atoms. The molecular weight excluding hydrogens is 266 g/mol. The lowest BCUT2D eigenvalue weighted by molar-refractivity contribution is -0.0573. The summed E-state index contributed by atoms with van der Waals surface area (Å²) in [6.45, 7) is 2.78. The van der Waals surface area contributed by atoms with Crippen LogP contribution in [0, 0.1) is 0 Å². The second-order valence-corrected chi connectivity index (χ2v) is 6.37. The molecule has 1 aliphatic heterocycles. The number of anilines is 1. The first-order chi connectivity index (χ1) is 10.1. The minimum absolute atomic E-state index is 0.600. The Hall–Kier alpha value is -1.17. The van der Waals surface area contributed by atoms with Crippen molar-refractivity contribution in [2.24, 2.45) is 0 Å². The molecule has 0 radical (unpaired) electrons. The summed E-state index contributed by atoms with van der Waals surface area (Å²) in [6, 6.07) is 4.87. The molecule has 1 aromatic rings. The van der Waals surface area contributed by atoms with Gasteiger partial charge in [0.1, 0.15) is 5.82 Å². The smallest absolute Gasteiger partial charge is 0.128 e. The van der Waals surface area contributed by atoms with Gasteiger partial charge in [0.15, 0.2) is 0 Å². The molecular formula is C16H25N3O2. The molecule has 0 bridgehead atoms. The van der Waals surface area contributed by atoms with Crippen LogP contribution in [0.15, 0.2) is 18.3 Å². The molecule has 0 aromatic carbocycles. The van der Waals surface area contributed by atoms with E-state index in [1.54, 1.807) is 0 Å². The van der Waals surface area contributed by atoms with Crippen molar-refractivity contribution in [3.8, 4) is 0 Å². The molecule has 116 valence electrons. The van der Waals surface area contributed by atoms with E-state index >= 15 is 0 Å². The summed E-state index contributed by atoms with van der Waals surface area (Å²) >= 11 is 0. The van der Waals surface area contributed by atoms with Crippen LogP contribution >= 0.6 is 0 Å². The molecule has 1 saturated carbocycles. The number of aromatic nitrogens is 1. The highest BCUT2D eigenvalue weighted by Crippen LogP contribution is 2.23. The fourth-order valence-electron chi connectivity index (χ4n) is 2.73. The van der Waals surface area contributed by atoms with E-state index in [9.17, 15) is 5.11 Å². The second-order valence-electron chi connectivity index (χ2n) is 6.37. The lowest BCUT2D eigenvalue weighted by atomic mass is 9.94. The summed E-state index contributed by atoms with van der Waals surface area (Å²) in [5.74, 6) is 0.907. The van der Waals surface area contributed by atoms with Gasteiger partial charge in [0.05, 0.1) is 5.60 Å². The number of hydrogen-bond donors (Lipinski definition) is 2. The van der Waals surface area contributed by atoms with E-state index in [2.05, 4.69) is 16.4 Å². The molecule has 2 aliphatic rings. The van der Waals surface area contributed by atoms with Gasteiger partial charge in [0.25, 0.3) is 0 Å². The standard InChI is InChI=1S/C16H25N3O2/c1-19(12-16(20)6-8-21-9-7-16)15-5-2-13(11-18-15)10-17-14-3-4-14/h2,5,11,14,17,20H,3-4,6-10,12H2,1H3. The quantitative estimate of drug-likeness (QED) is 0.827. The van der Waals surface area contributed by atoms with Crippen LogP contribution < -0.4 is 10.2 Å². The van der Waals surface area contributed by atoms with Crippen LogP contribution in [0.4, 0.5) is 5.82 Å². The van der Waals surface area contributed by atoms with Gasteiger partial charge in [-0.2, -0.15) is 0 Å². The molecule has 5 heteroatoms. The number of ether oxygens (including phenoxy) is 1. The van der Waals surface area contributed by atoms with E-state index in [1.165, 1.54) is 18.4 Å². The number of pyridine rings is 1. The van der Waals surface area contributed by atoms with Gasteiger partial charge in [0, 0.05) is 58.4 Å². The van der Waals surface area contributed by atoms with Gasteiger partial charge in [-0.25, -0.2) is 4.98 Å². The highest BCUT2D eigenvalue weighted by atomic mass is 16.5. The Morgan fingerprint density at radius 2 is 2.14 bits per heavy atom. The minimum atomic E-state index is -0.652. The topological polar surface area (TPSA) is 57.6 Å². The lowest BCUT2D eigenvalue weighted by Gasteiger charge is -2.35. The third-order valence-corrected chi connectivity index (χ3v) is 4.33. The molecule has 0 amide bonds. The summed E-state index contributed by atoms with van der Waals surface area (Å²) in [7, 11) is 1.98. The average molecular weight is 291 g/mol. The summed E-state index contributed by atoms with van der Waals surface area (Å²) in [4.78, 5) is 6.55. The van der Waals surface area contributed by atoms with Gasteiger partial charge < -0.3 is 20.1 Å². The Labute approximate surface area is 126 Å². The molecule has 0 unspecified atom stereocenters. The van der Waals surface area contributed by atoms with Gasteiger partial charge >= 0.3 is 0 Å². The zero-order chi connectivity index (χ0) is 14.7. The zero-order valence-electron chi connectivity index (χ0n) is 12.7. The first-order valence-electron chi connectivity index (χ1n) is 7.84. The molecule has 2 heterocycles. The lowest BCUT2D eigenvalue weighted by Crippen LogP contribution is -2.46. The number of nitrogens with zero attached hydrogens (tertiary/aromatic N) is 2. The van der Waals surface area contributed by atoms with Crippen LogP contribution in [0.5, 0.6) is 0 Å². The maximum atomic E-state index is 10.6. The van der Waals surface area contributed by atoms with Gasteiger partial charge in [0.2, 0.25) is 0 Å². The number of rotatable bonds is 6. The number of likely N-dealkylation sites (N-methyl/N-ethyl adjacent to an activating group) is 1. The summed E-state index contributed by atoms with van der Waals surface area (Å²) < 4.78 is 5.32. The molecule has 1 aromatic heterocycles. The van der Waals surface area contributed by atoms with Gasteiger partial charge in [-0.1, -0.05) is 6.07 Å². The Kier molecular flexibility index (Phi) is 4.42. The predicted molar refractivity (Wildman–Crippen MR) is 82.4 cm³/mol. The second kappa shape index (κ2) is 6.30. The Bertz CT molecular complexity index is 453. The molecule has 1 saturated heterocycles. The van der Waals surface area contributed by atoms with Crippen LogP contribution in [-0.4, -0.2) is 48.5 Å². The molecule has 2 N–H and O–H groups in total. The molecule has 0 atom stereocenters. The third-order valence-electron chi connectivity index (χ3n) is 4.33. The minimum Gasteiger partial charge on any atom is -0.388 e. The highest BCUT2D eigenvalue weighted by Gasteiger charge is 2.31. The van der Waals surface area contributed by atoms with Crippen molar-refractivity contribution in [2.75, 3.05) is 31.7 Å². The summed E-state index contributed by atoms with van der Waals surface area (Å²) in [5, 5.41) is 14.0. The third kappa shape index (κ3) is 4.15. The number of aliphatic hydroxyl groups is 1. The monoisotopic (exact) mass is 291 g/mol. The Morgan fingerprint density at radius 1 is 1.38 bits per heavy atom. The van der Waals surface area contributed by atoms with Crippen molar-refractivity contribution < 1.29 is 9.84 Å². The van der Waals surface area contributed by atoms with E-state index in [4.69, 9.17) is 4.74 Å². The zero-order valence-corrected chi connectivity index (χ0v) is 12.7. The van der Waals surface area contributed by atoms with E-state index in [0.29, 0.717) is 32.6 Å². The van der Waals surface area contributed by atoms with Crippen molar-refractivity contribution in [2.45, 2.75) is 43.9 Å². The fraction of sp³-hybridized carbons (Fsp3) is 0.688. The first-order valence-corrected chi connectivity index (χ1v) is 7.84. The number of nitrogens with one attached hydrogen (secondary N) is 1. The first kappa shape index (κ1) is 14.8. The normalized spacial score (nSPS) is 21.2. The van der Waals surface area contributed by atoms with Crippen LogP contribution in [0.3, 0.4) is 0 Å². The molecule has 0 spiro atoms. The highest BCUT2D eigenvalue weighted by molar-refractivity contribution is 5.39. The van der Waals surface area contributed by atoms with E-state index in [1.807, 2.05) is 24.2 Å². The molecule has 1 aliphatic carbocycles. The molecule has 5 nitrogen and oxygen atoms in total. The van der Waals surface area contributed by atoms with E-state index in [0.717, 1.165) is 18.4 Å². The van der Waals surface area contributed by atoms with Crippen LogP contribution in [0.1, 0.15) is 31.2 Å². The molecule has 3 rings (SSSR count). The van der Waals surface area contributed by atoms with Crippen LogP contribution in [0.25, 0.3) is 0 Å². The van der Waals surface area contributed by atoms with Crippen LogP contribution in [-0.2, 0) is 11.3 Å². The van der Waals surface area contributed by atoms with Crippen molar-refractivity contribution in [1.82, 2.24) is 10.3 Å². The van der Waals surface area contributed by atoms with Crippen molar-refractivity contribution in [3.63, 3.8) is 0 Å². The van der Waals surface area contributed by atoms with E-state index < -0.39 is 5.60 Å². The van der Waals surface area contributed by atoms with E-state index in [-0.39, 0.29) is 0 Å². The largest absolute Gasteiger partial charge is 0.388 e. The summed E-state index contributed by atoms with van der Waals surface area (Å²) in [6.07, 6.45) is 5.92. The SMILES string of the molecule is CN(CC1(O)CCOCC1)c1ccc(CNC2CC2)cn1. The Morgan fingerprint density at radius 3 is 2.76 bits per heavy atom. The van der Waals surface area contributed by atoms with Crippen molar-refractivity contribution in [1.29, 1.82) is 0 Å². The van der Waals surface area contributed by atoms with Crippen molar-refractivity contribution in [3.05, 3.63) is 23.9 Å². The van der Waals surface area contributed by atoms with Gasteiger partial charge in [-0.05, 0) is 24.5 Å². The average Bonchev–Trinajstić information content (AvgIpc) is 3.30. The van der Waals surface area contributed by atoms with Crippen molar-refractivity contribution >= 4 is 5.82 Å². The Balaban J connectivity index is 1.54. The van der Waals surface area contributed by atoms with Gasteiger partial charge in [-0.3, -0.25) is 0 Å². The summed E-state index contributed by atoms with van der Waals surface area (Å²) in [5.41, 5.74) is 0.560. The maximum Gasteiger partial charge on any atom is 0.128 e. The predicted octanol–water partition coefficient (Wildman–Crippen LogP) is 1.31. The van der Waals surface area contributed by atoms with Gasteiger partial charge in [-0.15, -0.1) is 0 Å².